The van der Waals surface area contributed by atoms with Gasteiger partial charge in [0, 0.05) is 33.4 Å². The molecule has 0 bridgehead atoms. The molecule has 0 fully saturated rings. The van der Waals surface area contributed by atoms with E-state index >= 15 is 0 Å². The highest BCUT2D eigenvalue weighted by atomic mass is 16.5. The molecular formula is C78H62O9. The molecule has 0 heterocycles. The molecule has 0 aliphatic heterocycles. The van der Waals surface area contributed by atoms with Gasteiger partial charge in [-0.2, -0.15) is 0 Å². The summed E-state index contributed by atoms with van der Waals surface area (Å²) in [5.74, 6) is 3.64. The molecule has 9 nitrogen and oxygen atoms in total. The molecule has 0 unspecified atom stereocenters. The molecule has 3 N–H and O–H groups in total. The summed E-state index contributed by atoms with van der Waals surface area (Å²) in [5, 5.41) is 33.6. The van der Waals surface area contributed by atoms with Crippen molar-refractivity contribution in [2.24, 2.45) is 0 Å². The molecule has 87 heavy (non-hydrogen) atoms. The van der Waals surface area contributed by atoms with Crippen molar-refractivity contribution in [3.8, 4) is 130 Å². The van der Waals surface area contributed by atoms with E-state index in [1.807, 2.05) is 188 Å². The predicted octanol–water partition coefficient (Wildman–Crippen LogP) is 18.8. The highest BCUT2D eigenvalue weighted by molar-refractivity contribution is 6.04. The molecule has 0 saturated carbocycles. The summed E-state index contributed by atoms with van der Waals surface area (Å²) < 4.78 is 40.2. The summed E-state index contributed by atoms with van der Waals surface area (Å²) in [4.78, 5) is 0. The number of benzene rings is 12. The Morgan fingerprint density at radius 2 is 0.782 bits per heavy atom. The van der Waals surface area contributed by atoms with Crippen LogP contribution in [-0.4, -0.2) is 29.5 Å². The van der Waals surface area contributed by atoms with Crippen LogP contribution in [0.3, 0.4) is 0 Å². The highest BCUT2D eigenvalue weighted by Gasteiger charge is 2.29. The van der Waals surface area contributed by atoms with Crippen molar-refractivity contribution < 1.29 is 43.7 Å². The van der Waals surface area contributed by atoms with Crippen molar-refractivity contribution in [1.82, 2.24) is 0 Å². The summed E-state index contributed by atoms with van der Waals surface area (Å²) >= 11 is 0. The van der Waals surface area contributed by atoms with Crippen molar-refractivity contribution in [2.45, 2.75) is 26.4 Å². The SMILES string of the molecule is COc1cc(-c2cc(OCc3ccccc3)ccc2-c2c(OCc3ccccc3)cccc2-c2cccc(-c3cc(-c4ccccc4O)c(-c4cccc(O)c4)c(OC)c3-c3ccc(O)cc3)c2OCc2ccccc2)ccc1OCc1ccccc1. The molecule has 0 atom stereocenters. The Bertz CT molecular complexity index is 4320. The summed E-state index contributed by atoms with van der Waals surface area (Å²) in [7, 11) is 3.27. The Morgan fingerprint density at radius 3 is 1.40 bits per heavy atom. The first kappa shape index (κ1) is 56.3. The molecule has 0 aromatic heterocycles. The second-order valence-electron chi connectivity index (χ2n) is 20.9. The quantitative estimate of drug-likeness (QED) is 0.0647. The molecule has 0 aliphatic rings. The van der Waals surface area contributed by atoms with Crippen LogP contribution < -0.4 is 28.4 Å². The number of aromatic hydroxyl groups is 3. The van der Waals surface area contributed by atoms with Crippen LogP contribution in [0.2, 0.25) is 0 Å². The van der Waals surface area contributed by atoms with Gasteiger partial charge in [0.2, 0.25) is 0 Å². The highest BCUT2D eigenvalue weighted by Crippen LogP contribution is 2.56. The smallest absolute Gasteiger partial charge is 0.161 e. The third kappa shape index (κ3) is 12.6. The monoisotopic (exact) mass is 1140 g/mol. The van der Waals surface area contributed by atoms with Crippen LogP contribution in [0.25, 0.3) is 77.9 Å². The number of hydrogen-bond acceptors (Lipinski definition) is 9. The van der Waals surface area contributed by atoms with Crippen LogP contribution in [0.15, 0.2) is 273 Å². The van der Waals surface area contributed by atoms with Crippen LogP contribution in [0.4, 0.5) is 0 Å². The molecule has 12 aromatic rings. The van der Waals surface area contributed by atoms with Crippen LogP contribution in [0.5, 0.6) is 51.7 Å². The minimum Gasteiger partial charge on any atom is -0.508 e. The van der Waals surface area contributed by atoms with Gasteiger partial charge in [0.25, 0.3) is 0 Å². The average molecular weight is 1140 g/mol. The maximum absolute atomic E-state index is 11.8. The van der Waals surface area contributed by atoms with Gasteiger partial charge in [0.05, 0.1) is 14.2 Å². The van der Waals surface area contributed by atoms with Gasteiger partial charge in [-0.1, -0.05) is 200 Å². The van der Waals surface area contributed by atoms with E-state index in [1.165, 1.54) is 0 Å². The number of methoxy groups -OCH3 is 2. The molecule has 9 heteroatoms. The maximum Gasteiger partial charge on any atom is 0.161 e. The molecule has 12 aromatic carbocycles. The molecule has 0 aliphatic carbocycles. The Kier molecular flexibility index (Phi) is 17.0. The fourth-order valence-electron chi connectivity index (χ4n) is 11.1. The second-order valence-corrected chi connectivity index (χ2v) is 20.9. The zero-order valence-corrected chi connectivity index (χ0v) is 48.1. The normalized spacial score (nSPS) is 11.0. The van der Waals surface area contributed by atoms with Crippen LogP contribution >= 0.6 is 0 Å². The number of hydrogen-bond donors (Lipinski definition) is 3. The third-order valence-corrected chi connectivity index (χ3v) is 15.3. The largest absolute Gasteiger partial charge is 0.508 e. The number of para-hydroxylation sites is 2. The van der Waals surface area contributed by atoms with Gasteiger partial charge in [-0.25, -0.2) is 0 Å². The molecule has 428 valence electrons. The van der Waals surface area contributed by atoms with Crippen molar-refractivity contribution in [3.63, 3.8) is 0 Å². The van der Waals surface area contributed by atoms with Crippen LogP contribution in [-0.2, 0) is 26.4 Å². The van der Waals surface area contributed by atoms with Crippen molar-refractivity contribution >= 4 is 0 Å². The van der Waals surface area contributed by atoms with Gasteiger partial charge in [-0.05, 0) is 140 Å². The van der Waals surface area contributed by atoms with Gasteiger partial charge in [0.15, 0.2) is 11.5 Å². The van der Waals surface area contributed by atoms with E-state index in [0.29, 0.717) is 86.7 Å². The van der Waals surface area contributed by atoms with Crippen LogP contribution in [0.1, 0.15) is 22.3 Å². The minimum atomic E-state index is 0.0507. The summed E-state index contributed by atoms with van der Waals surface area (Å²) in [6.07, 6.45) is 0. The molecule has 0 amide bonds. The summed E-state index contributed by atoms with van der Waals surface area (Å²) in [6, 6.07) is 88.0. The average Bonchev–Trinajstić information content (AvgIpc) is 1.60. The Labute approximate surface area is 506 Å². The first-order valence-electron chi connectivity index (χ1n) is 28.7. The second kappa shape index (κ2) is 26.2. The first-order valence-corrected chi connectivity index (χ1v) is 28.7. The van der Waals surface area contributed by atoms with E-state index in [2.05, 4.69) is 42.5 Å². The van der Waals surface area contributed by atoms with Crippen molar-refractivity contribution in [2.75, 3.05) is 14.2 Å². The fourth-order valence-corrected chi connectivity index (χ4v) is 11.1. The van der Waals surface area contributed by atoms with Gasteiger partial charge in [0.1, 0.15) is 66.7 Å². The minimum absolute atomic E-state index is 0.0507. The van der Waals surface area contributed by atoms with E-state index in [4.69, 9.17) is 28.4 Å². The molecule has 12 rings (SSSR count). The molecule has 0 saturated heterocycles. The Balaban J connectivity index is 1.13. The van der Waals surface area contributed by atoms with Gasteiger partial charge >= 0.3 is 0 Å². The zero-order valence-electron chi connectivity index (χ0n) is 48.1. The summed E-state index contributed by atoms with van der Waals surface area (Å²) in [6.45, 7) is 1.18. The lowest BCUT2D eigenvalue weighted by Crippen LogP contribution is -2.03. The van der Waals surface area contributed by atoms with Gasteiger partial charge in [-0.15, -0.1) is 0 Å². The number of rotatable bonds is 21. The number of phenols is 3. The topological polar surface area (TPSA) is 116 Å². The van der Waals surface area contributed by atoms with Gasteiger partial charge in [-0.3, -0.25) is 0 Å². The first-order chi connectivity index (χ1) is 42.8. The number of phenolic OH excluding ortho intramolecular Hbond substituents is 3. The van der Waals surface area contributed by atoms with E-state index < -0.39 is 0 Å². The van der Waals surface area contributed by atoms with E-state index in [0.717, 1.165) is 61.2 Å². The van der Waals surface area contributed by atoms with Crippen LogP contribution in [0, 0.1) is 0 Å². The van der Waals surface area contributed by atoms with Gasteiger partial charge < -0.3 is 43.7 Å². The standard InChI is InChI=1S/C78H62O9/c1-82-73-45-57(38-43-71(73)85-49-53-22-9-4-10-23-53)67-46-61(84-48-52-20-7-3-8-21-52)41-42-64(67)76-63(31-19-35-72(76)86-50-54-24-11-5-12-25-54)65-32-18-33-66(77(65)87-51-55-26-13-6-14-27-55)69-47-68(62-30-15-16-34-70(62)81)75(58-28-17-29-60(80)44-58)78(83-2)74(69)56-36-39-59(79)40-37-56/h3-47,79-81H,48-51H2,1-2H3. The van der Waals surface area contributed by atoms with Crippen molar-refractivity contribution in [1.29, 1.82) is 0 Å². The van der Waals surface area contributed by atoms with E-state index in [1.54, 1.807) is 56.7 Å². The lowest BCUT2D eigenvalue weighted by molar-refractivity contribution is 0.284. The molecular weight excluding hydrogens is 1080 g/mol. The van der Waals surface area contributed by atoms with E-state index in [-0.39, 0.29) is 30.5 Å². The Hall–Kier alpha value is -11.2. The maximum atomic E-state index is 11.8. The lowest BCUT2D eigenvalue weighted by Gasteiger charge is -2.26. The predicted molar refractivity (Wildman–Crippen MR) is 346 cm³/mol. The molecule has 0 spiro atoms. The third-order valence-electron chi connectivity index (χ3n) is 15.3. The lowest BCUT2D eigenvalue weighted by atomic mass is 9.82. The summed E-state index contributed by atoms with van der Waals surface area (Å²) in [5.41, 5.74) is 14.1. The molecule has 0 radical (unpaired) electrons. The van der Waals surface area contributed by atoms with E-state index in [9.17, 15) is 15.3 Å². The Morgan fingerprint density at radius 1 is 0.264 bits per heavy atom. The number of ether oxygens (including phenoxy) is 6. The van der Waals surface area contributed by atoms with Crippen molar-refractivity contribution in [3.05, 3.63) is 295 Å². The zero-order chi connectivity index (χ0) is 59.5. The fraction of sp³-hybridized carbons (Fsp3) is 0.0769.